The van der Waals surface area contributed by atoms with E-state index >= 15 is 0 Å². The first-order chi connectivity index (χ1) is 5.08. The summed E-state index contributed by atoms with van der Waals surface area (Å²) in [5.41, 5.74) is 0. The molecule has 1 fully saturated rings. The van der Waals surface area contributed by atoms with E-state index in [2.05, 4.69) is 0 Å². The maximum Gasteiger partial charge on any atom is 0.275 e. The molecule has 11 heavy (non-hydrogen) atoms. The first-order valence-corrected chi connectivity index (χ1v) is 3.68. The summed E-state index contributed by atoms with van der Waals surface area (Å²) in [6.45, 7) is 0.911. The zero-order valence-electron chi connectivity index (χ0n) is 6.39. The molecular formula is C7H12F2O2. The number of ether oxygens (including phenoxy) is 1. The maximum absolute atomic E-state index is 12.8. The smallest absolute Gasteiger partial charge is 0.275 e. The summed E-state index contributed by atoms with van der Waals surface area (Å²) in [5.74, 6) is -3.79. The largest absolute Gasteiger partial charge is 0.390 e. The molecule has 2 atom stereocenters. The molecule has 1 heterocycles. The normalized spacial score (nSPS) is 32.7. The molecule has 0 saturated carbocycles. The van der Waals surface area contributed by atoms with Gasteiger partial charge in [0.2, 0.25) is 0 Å². The van der Waals surface area contributed by atoms with Crippen LogP contribution in [0.15, 0.2) is 0 Å². The molecule has 66 valence electrons. The minimum atomic E-state index is -2.98. The number of aliphatic hydroxyl groups is 1. The van der Waals surface area contributed by atoms with Crippen LogP contribution in [0.2, 0.25) is 0 Å². The van der Waals surface area contributed by atoms with Crippen LogP contribution in [0.5, 0.6) is 0 Å². The Bertz CT molecular complexity index is 138. The molecule has 0 radical (unpaired) electrons. The van der Waals surface area contributed by atoms with Crippen molar-refractivity contribution in [3.8, 4) is 0 Å². The van der Waals surface area contributed by atoms with Crippen molar-refractivity contribution in [2.24, 2.45) is 5.92 Å². The summed E-state index contributed by atoms with van der Waals surface area (Å²) in [6, 6.07) is 0. The third-order valence-electron chi connectivity index (χ3n) is 2.13. The highest BCUT2D eigenvalue weighted by Crippen LogP contribution is 2.34. The van der Waals surface area contributed by atoms with Gasteiger partial charge in [-0.05, 0) is 13.3 Å². The molecule has 0 aromatic carbocycles. The maximum atomic E-state index is 12.8. The molecule has 0 aromatic rings. The summed E-state index contributed by atoms with van der Waals surface area (Å²) in [7, 11) is 0. The van der Waals surface area contributed by atoms with Crippen LogP contribution in [0.3, 0.4) is 0 Å². The van der Waals surface area contributed by atoms with E-state index < -0.39 is 24.6 Å². The zero-order chi connectivity index (χ0) is 8.48. The standard InChI is InChI=1S/C7H12F2O2/c1-5-6(2-3-11-5)7(8,9)4-10/h5-6,10H,2-4H2,1H3. The number of alkyl halides is 2. The lowest BCUT2D eigenvalue weighted by Crippen LogP contribution is -2.36. The van der Waals surface area contributed by atoms with Crippen LogP contribution in [-0.4, -0.2) is 30.3 Å². The second kappa shape index (κ2) is 3.03. The molecule has 4 heteroatoms. The zero-order valence-corrected chi connectivity index (χ0v) is 6.39. The lowest BCUT2D eigenvalue weighted by atomic mass is 9.95. The number of hydrogen-bond acceptors (Lipinski definition) is 2. The van der Waals surface area contributed by atoms with Crippen molar-refractivity contribution < 1.29 is 18.6 Å². The van der Waals surface area contributed by atoms with E-state index in [4.69, 9.17) is 9.84 Å². The monoisotopic (exact) mass is 166 g/mol. The summed E-state index contributed by atoms with van der Waals surface area (Å²) in [4.78, 5) is 0. The Morgan fingerprint density at radius 3 is 2.64 bits per heavy atom. The number of rotatable bonds is 2. The average Bonchev–Trinajstić information content (AvgIpc) is 2.36. The third kappa shape index (κ3) is 1.68. The number of aliphatic hydroxyl groups excluding tert-OH is 1. The van der Waals surface area contributed by atoms with Gasteiger partial charge in [-0.15, -0.1) is 0 Å². The van der Waals surface area contributed by atoms with Crippen molar-refractivity contribution in [3.63, 3.8) is 0 Å². The van der Waals surface area contributed by atoms with Gasteiger partial charge in [-0.3, -0.25) is 0 Å². The van der Waals surface area contributed by atoms with Gasteiger partial charge in [0.25, 0.3) is 5.92 Å². The van der Waals surface area contributed by atoms with Gasteiger partial charge in [0, 0.05) is 6.61 Å². The summed E-state index contributed by atoms with van der Waals surface area (Å²) < 4.78 is 30.5. The van der Waals surface area contributed by atoms with Gasteiger partial charge in [-0.25, -0.2) is 8.78 Å². The van der Waals surface area contributed by atoms with Gasteiger partial charge in [-0.2, -0.15) is 0 Å². The molecule has 0 aromatic heterocycles. The first-order valence-electron chi connectivity index (χ1n) is 3.68. The van der Waals surface area contributed by atoms with Crippen molar-refractivity contribution in [1.29, 1.82) is 0 Å². The van der Waals surface area contributed by atoms with Gasteiger partial charge in [0.05, 0.1) is 12.0 Å². The highest BCUT2D eigenvalue weighted by Gasteiger charge is 2.45. The molecular weight excluding hydrogens is 154 g/mol. The van der Waals surface area contributed by atoms with Gasteiger partial charge in [-0.1, -0.05) is 0 Å². The van der Waals surface area contributed by atoms with Crippen molar-refractivity contribution >= 4 is 0 Å². The second-order valence-corrected chi connectivity index (χ2v) is 2.89. The minimum Gasteiger partial charge on any atom is -0.390 e. The lowest BCUT2D eigenvalue weighted by Gasteiger charge is -2.22. The van der Waals surface area contributed by atoms with Crippen LogP contribution < -0.4 is 0 Å². The molecule has 1 N–H and O–H groups in total. The van der Waals surface area contributed by atoms with Gasteiger partial charge in [0.1, 0.15) is 6.61 Å². The fourth-order valence-electron chi connectivity index (χ4n) is 1.40. The van der Waals surface area contributed by atoms with Crippen LogP contribution in [0.4, 0.5) is 8.78 Å². The Hall–Kier alpha value is -0.220. The van der Waals surface area contributed by atoms with Gasteiger partial charge < -0.3 is 9.84 Å². The highest BCUT2D eigenvalue weighted by atomic mass is 19.3. The van der Waals surface area contributed by atoms with Crippen molar-refractivity contribution in [2.75, 3.05) is 13.2 Å². The molecule has 1 aliphatic rings. The molecule has 0 bridgehead atoms. The van der Waals surface area contributed by atoms with E-state index in [1.807, 2.05) is 0 Å². The Morgan fingerprint density at radius 2 is 2.27 bits per heavy atom. The molecule has 2 unspecified atom stereocenters. The molecule has 0 aliphatic carbocycles. The van der Waals surface area contributed by atoms with Crippen molar-refractivity contribution in [3.05, 3.63) is 0 Å². The Balaban J connectivity index is 2.58. The molecule has 1 aliphatic heterocycles. The van der Waals surface area contributed by atoms with Crippen LogP contribution >= 0.6 is 0 Å². The SMILES string of the molecule is CC1OCCC1C(F)(F)CO. The lowest BCUT2D eigenvalue weighted by molar-refractivity contribution is -0.112. The van der Waals surface area contributed by atoms with Gasteiger partial charge >= 0.3 is 0 Å². The van der Waals surface area contributed by atoms with Crippen LogP contribution in [-0.2, 0) is 4.74 Å². The Kier molecular flexibility index (Phi) is 2.44. The van der Waals surface area contributed by atoms with Crippen LogP contribution in [0, 0.1) is 5.92 Å². The predicted molar refractivity (Wildman–Crippen MR) is 35.6 cm³/mol. The number of hydrogen-bond donors (Lipinski definition) is 1. The van der Waals surface area contributed by atoms with E-state index in [1.54, 1.807) is 6.92 Å². The summed E-state index contributed by atoms with van der Waals surface area (Å²) >= 11 is 0. The first kappa shape index (κ1) is 8.87. The van der Waals surface area contributed by atoms with E-state index in [0.29, 0.717) is 13.0 Å². The van der Waals surface area contributed by atoms with Crippen LogP contribution in [0.25, 0.3) is 0 Å². The highest BCUT2D eigenvalue weighted by molar-refractivity contribution is 4.84. The fourth-order valence-corrected chi connectivity index (χ4v) is 1.40. The molecule has 1 rings (SSSR count). The topological polar surface area (TPSA) is 29.5 Å². The fraction of sp³-hybridized carbons (Fsp3) is 1.00. The molecule has 2 nitrogen and oxygen atoms in total. The van der Waals surface area contributed by atoms with Crippen LogP contribution in [0.1, 0.15) is 13.3 Å². The van der Waals surface area contributed by atoms with Crippen molar-refractivity contribution in [2.45, 2.75) is 25.4 Å². The quantitative estimate of drug-likeness (QED) is 0.664. The number of halogens is 2. The average molecular weight is 166 g/mol. The second-order valence-electron chi connectivity index (χ2n) is 2.89. The van der Waals surface area contributed by atoms with Gasteiger partial charge in [0.15, 0.2) is 0 Å². The Labute approximate surface area is 64.2 Å². The minimum absolute atomic E-state index is 0.342. The molecule has 1 saturated heterocycles. The van der Waals surface area contributed by atoms with E-state index in [-0.39, 0.29) is 0 Å². The van der Waals surface area contributed by atoms with Crippen molar-refractivity contribution in [1.82, 2.24) is 0 Å². The molecule has 0 amide bonds. The summed E-state index contributed by atoms with van der Waals surface area (Å²) in [5, 5.41) is 8.37. The molecule has 0 spiro atoms. The van der Waals surface area contributed by atoms with E-state index in [9.17, 15) is 8.78 Å². The Morgan fingerprint density at radius 1 is 1.64 bits per heavy atom. The third-order valence-corrected chi connectivity index (χ3v) is 2.13. The van der Waals surface area contributed by atoms with E-state index in [0.717, 1.165) is 0 Å². The summed E-state index contributed by atoms with van der Waals surface area (Å²) in [6.07, 6.45) is -0.0912. The predicted octanol–water partition coefficient (Wildman–Crippen LogP) is 1.04. The van der Waals surface area contributed by atoms with E-state index in [1.165, 1.54) is 0 Å².